The van der Waals surface area contributed by atoms with Gasteiger partial charge in [-0.1, -0.05) is 48.5 Å². The average molecular weight is 303 g/mol. The fourth-order valence-corrected chi connectivity index (χ4v) is 1.84. The molecule has 1 N–H and O–H groups in total. The van der Waals surface area contributed by atoms with Gasteiger partial charge in [0.05, 0.1) is 19.3 Å². The van der Waals surface area contributed by atoms with Crippen LogP contribution in [0.15, 0.2) is 0 Å². The summed E-state index contributed by atoms with van der Waals surface area (Å²) in [4.78, 5) is 23.1. The lowest BCUT2D eigenvalue weighted by Crippen LogP contribution is -2.49. The van der Waals surface area contributed by atoms with Gasteiger partial charge in [-0.25, -0.2) is 4.79 Å². The zero-order chi connectivity index (χ0) is 17.1. The minimum absolute atomic E-state index is 0.0721. The van der Waals surface area contributed by atoms with Crippen LogP contribution in [0, 0.1) is 5.41 Å². The van der Waals surface area contributed by atoms with Crippen LogP contribution in [0.25, 0.3) is 0 Å². The molecule has 0 radical (unpaired) electrons. The van der Waals surface area contributed by atoms with Crippen molar-refractivity contribution in [1.82, 2.24) is 5.32 Å². The lowest BCUT2D eigenvalue weighted by atomic mass is 9.85. The van der Waals surface area contributed by atoms with Crippen molar-refractivity contribution in [2.24, 2.45) is 5.41 Å². The average Bonchev–Trinajstić information content (AvgIpc) is 2.92. The Kier molecular flexibility index (Phi) is 12.2. The lowest BCUT2D eigenvalue weighted by molar-refractivity contribution is -0.121. The normalized spacial score (nSPS) is 18.4. The van der Waals surface area contributed by atoms with Crippen molar-refractivity contribution < 1.29 is 19.1 Å². The molecule has 5 heteroatoms. The van der Waals surface area contributed by atoms with E-state index in [1.807, 2.05) is 48.5 Å². The summed E-state index contributed by atoms with van der Waals surface area (Å²) >= 11 is 0. The van der Waals surface area contributed by atoms with Gasteiger partial charge in [-0.3, -0.25) is 4.79 Å². The fourth-order valence-electron chi connectivity index (χ4n) is 1.84. The third kappa shape index (κ3) is 9.45. The topological polar surface area (TPSA) is 64.6 Å². The van der Waals surface area contributed by atoms with Gasteiger partial charge in [-0.2, -0.15) is 0 Å². The van der Waals surface area contributed by atoms with Crippen molar-refractivity contribution in [3.63, 3.8) is 0 Å². The van der Waals surface area contributed by atoms with Crippen LogP contribution in [0.3, 0.4) is 0 Å². The fraction of sp³-hybridized carbons (Fsp3) is 0.875. The molecule has 0 aromatic heterocycles. The van der Waals surface area contributed by atoms with E-state index in [0.717, 1.165) is 0 Å². The molecule has 1 fully saturated rings. The Bertz CT molecular complexity index is 291. The van der Waals surface area contributed by atoms with Gasteiger partial charge in [0.15, 0.2) is 5.78 Å². The highest BCUT2D eigenvalue weighted by atomic mass is 16.6. The molecule has 0 bridgehead atoms. The van der Waals surface area contributed by atoms with Crippen molar-refractivity contribution in [1.29, 1.82) is 0 Å². The van der Waals surface area contributed by atoms with Gasteiger partial charge in [-0.05, 0) is 12.3 Å². The van der Waals surface area contributed by atoms with E-state index in [4.69, 9.17) is 9.47 Å². The number of hydrogen-bond donors (Lipinski definition) is 1. The number of ether oxygens (including phenoxy) is 2. The van der Waals surface area contributed by atoms with E-state index >= 15 is 0 Å². The molecule has 0 aromatic carbocycles. The Labute approximate surface area is 129 Å². The number of rotatable bonds is 3. The molecule has 0 aliphatic carbocycles. The molecule has 1 aliphatic heterocycles. The molecule has 1 saturated heterocycles. The number of amides is 1. The first kappa shape index (κ1) is 22.2. The monoisotopic (exact) mass is 303 g/mol. The summed E-state index contributed by atoms with van der Waals surface area (Å²) in [6, 6.07) is -0.530. The van der Waals surface area contributed by atoms with Crippen molar-refractivity contribution >= 4 is 11.9 Å². The molecule has 2 unspecified atom stereocenters. The highest BCUT2D eigenvalue weighted by Crippen LogP contribution is 2.20. The maximum Gasteiger partial charge on any atom is 0.408 e. The Morgan fingerprint density at radius 3 is 2.05 bits per heavy atom. The van der Waals surface area contributed by atoms with Gasteiger partial charge < -0.3 is 14.8 Å². The summed E-state index contributed by atoms with van der Waals surface area (Å²) in [6.45, 7) is 16.2. The maximum absolute atomic E-state index is 11.6. The van der Waals surface area contributed by atoms with Crippen LogP contribution in [-0.2, 0) is 14.3 Å². The summed E-state index contributed by atoms with van der Waals surface area (Å²) in [5, 5.41) is 2.62. The number of Topliss-reactive ketones (excluding diaryl/α,β-unsaturated/α-hetero) is 1. The first-order valence-electron chi connectivity index (χ1n) is 7.86. The minimum atomic E-state index is -0.546. The lowest BCUT2D eigenvalue weighted by Gasteiger charge is -2.29. The second-order valence-electron chi connectivity index (χ2n) is 5.44. The van der Waals surface area contributed by atoms with Crippen molar-refractivity contribution in [3.8, 4) is 0 Å². The van der Waals surface area contributed by atoms with Crippen LogP contribution in [0.5, 0.6) is 0 Å². The van der Waals surface area contributed by atoms with Crippen LogP contribution >= 0.6 is 0 Å². The molecular weight excluding hydrogens is 270 g/mol. The third-order valence-electron chi connectivity index (χ3n) is 2.70. The SMILES string of the molecule is CC.CC.CC(=O)C(NC(=O)OC1CCOC1)C(C)(C)C. The van der Waals surface area contributed by atoms with Gasteiger partial charge in [0.25, 0.3) is 0 Å². The quantitative estimate of drug-likeness (QED) is 0.866. The highest BCUT2D eigenvalue weighted by molar-refractivity contribution is 5.86. The maximum atomic E-state index is 11.6. The first-order valence-corrected chi connectivity index (χ1v) is 7.86. The van der Waals surface area contributed by atoms with E-state index in [1.165, 1.54) is 6.92 Å². The molecule has 1 amide bonds. The molecule has 126 valence electrons. The van der Waals surface area contributed by atoms with E-state index in [2.05, 4.69) is 5.32 Å². The van der Waals surface area contributed by atoms with E-state index in [-0.39, 0.29) is 17.3 Å². The van der Waals surface area contributed by atoms with Gasteiger partial charge in [0, 0.05) is 6.42 Å². The predicted molar refractivity (Wildman–Crippen MR) is 85.5 cm³/mol. The first-order chi connectivity index (χ1) is 9.80. The van der Waals surface area contributed by atoms with Gasteiger partial charge in [-0.15, -0.1) is 0 Å². The zero-order valence-corrected chi connectivity index (χ0v) is 14.9. The number of hydrogen-bond acceptors (Lipinski definition) is 4. The van der Waals surface area contributed by atoms with Crippen molar-refractivity contribution in [2.45, 2.75) is 74.0 Å². The van der Waals surface area contributed by atoms with E-state index in [1.54, 1.807) is 0 Å². The molecule has 0 saturated carbocycles. The molecule has 2 atom stereocenters. The largest absolute Gasteiger partial charge is 0.444 e. The Hall–Kier alpha value is -1.10. The number of ketones is 1. The van der Waals surface area contributed by atoms with Crippen LogP contribution in [0.1, 0.15) is 61.8 Å². The summed E-state index contributed by atoms with van der Waals surface area (Å²) in [6.07, 6.45) is -0.0218. The van der Waals surface area contributed by atoms with E-state index in [0.29, 0.717) is 19.6 Å². The van der Waals surface area contributed by atoms with Gasteiger partial charge in [0.2, 0.25) is 0 Å². The molecule has 1 rings (SSSR count). The van der Waals surface area contributed by atoms with Crippen LogP contribution in [0.2, 0.25) is 0 Å². The highest BCUT2D eigenvalue weighted by Gasteiger charge is 2.31. The smallest absolute Gasteiger partial charge is 0.408 e. The summed E-state index contributed by atoms with van der Waals surface area (Å²) in [7, 11) is 0. The van der Waals surface area contributed by atoms with Gasteiger partial charge >= 0.3 is 6.09 Å². The van der Waals surface area contributed by atoms with Gasteiger partial charge in [0.1, 0.15) is 6.10 Å². The molecular formula is C16H33NO4. The minimum Gasteiger partial charge on any atom is -0.444 e. The molecule has 5 nitrogen and oxygen atoms in total. The Morgan fingerprint density at radius 2 is 1.71 bits per heavy atom. The summed E-state index contributed by atoms with van der Waals surface area (Å²) < 4.78 is 10.3. The number of alkyl carbamates (subject to hydrolysis) is 1. The number of carbonyl (C=O) groups is 2. The Morgan fingerprint density at radius 1 is 1.19 bits per heavy atom. The second-order valence-corrected chi connectivity index (χ2v) is 5.44. The summed E-state index contributed by atoms with van der Waals surface area (Å²) in [5.74, 6) is -0.0721. The van der Waals surface area contributed by atoms with Crippen molar-refractivity contribution in [2.75, 3.05) is 13.2 Å². The molecule has 0 aromatic rings. The number of carbonyl (C=O) groups excluding carboxylic acids is 2. The summed E-state index contributed by atoms with van der Waals surface area (Å²) in [5.41, 5.74) is -0.322. The van der Waals surface area contributed by atoms with E-state index in [9.17, 15) is 9.59 Å². The zero-order valence-electron chi connectivity index (χ0n) is 14.9. The van der Waals surface area contributed by atoms with E-state index < -0.39 is 12.1 Å². The van der Waals surface area contributed by atoms with Crippen LogP contribution < -0.4 is 5.32 Å². The van der Waals surface area contributed by atoms with Crippen LogP contribution in [-0.4, -0.2) is 37.2 Å². The Balaban J connectivity index is 0. The van der Waals surface area contributed by atoms with Crippen LogP contribution in [0.4, 0.5) is 4.79 Å². The van der Waals surface area contributed by atoms with Crippen molar-refractivity contribution in [3.05, 3.63) is 0 Å². The molecule has 0 spiro atoms. The molecule has 21 heavy (non-hydrogen) atoms. The number of nitrogens with one attached hydrogen (secondary N) is 1. The third-order valence-corrected chi connectivity index (χ3v) is 2.70. The second kappa shape index (κ2) is 11.5. The molecule has 1 heterocycles. The standard InChI is InChI=1S/C12H21NO4.2C2H6/c1-8(14)10(12(2,3)4)13-11(15)17-9-5-6-16-7-9;2*1-2/h9-10H,5-7H2,1-4H3,(H,13,15);2*1-2H3. The predicted octanol–water partition coefficient (Wildman–Crippen LogP) is 3.56. The molecule has 1 aliphatic rings.